The molecule has 2 atom stereocenters. The summed E-state index contributed by atoms with van der Waals surface area (Å²) >= 11 is 0. The van der Waals surface area contributed by atoms with Crippen molar-refractivity contribution in [2.24, 2.45) is 0 Å². The predicted octanol–water partition coefficient (Wildman–Crippen LogP) is 2.38. The summed E-state index contributed by atoms with van der Waals surface area (Å²) in [5.41, 5.74) is 1.57. The molecule has 2 N–H and O–H groups in total. The van der Waals surface area contributed by atoms with Crippen molar-refractivity contribution in [2.45, 2.75) is 50.8 Å². The van der Waals surface area contributed by atoms with Gasteiger partial charge in [0.2, 0.25) is 0 Å². The molecule has 6 heteroatoms. The molecule has 2 aromatic rings. The van der Waals surface area contributed by atoms with Crippen molar-refractivity contribution in [3.8, 4) is 0 Å². The van der Waals surface area contributed by atoms with Gasteiger partial charge in [-0.1, -0.05) is 48.3 Å². The van der Waals surface area contributed by atoms with E-state index in [0.717, 1.165) is 38.6 Å². The first-order valence-corrected chi connectivity index (χ1v) is 9.29. The van der Waals surface area contributed by atoms with Crippen LogP contribution < -0.4 is 5.32 Å². The maximum Gasteiger partial charge on any atom is 0.273 e. The first kappa shape index (κ1) is 18.6. The second-order valence-electron chi connectivity index (χ2n) is 7.08. The Morgan fingerprint density at radius 2 is 2.08 bits per heavy atom. The Bertz CT molecular complexity index is 701. The Morgan fingerprint density at radius 1 is 1.31 bits per heavy atom. The number of aliphatic hydroxyl groups is 1. The van der Waals surface area contributed by atoms with Crippen LogP contribution in [0.1, 0.15) is 47.5 Å². The van der Waals surface area contributed by atoms with E-state index in [0.29, 0.717) is 12.3 Å². The molecule has 0 unspecified atom stereocenters. The average Bonchev–Trinajstić information content (AvgIpc) is 3.11. The van der Waals surface area contributed by atoms with Gasteiger partial charge in [-0.15, -0.1) is 0 Å². The Morgan fingerprint density at radius 3 is 2.85 bits per heavy atom. The van der Waals surface area contributed by atoms with Gasteiger partial charge in [0, 0.05) is 12.6 Å². The van der Waals surface area contributed by atoms with Crippen molar-refractivity contribution in [3.63, 3.8) is 0 Å². The van der Waals surface area contributed by atoms with E-state index in [9.17, 15) is 9.90 Å². The molecular weight excluding hydrogens is 330 g/mol. The Hall–Kier alpha value is -2.18. The quantitative estimate of drug-likeness (QED) is 0.795. The van der Waals surface area contributed by atoms with Gasteiger partial charge in [-0.3, -0.25) is 9.69 Å². The summed E-state index contributed by atoms with van der Waals surface area (Å²) in [6.45, 7) is 1.49. The molecule has 140 valence electrons. The van der Waals surface area contributed by atoms with Crippen LogP contribution in [-0.4, -0.2) is 46.8 Å². The van der Waals surface area contributed by atoms with Gasteiger partial charge >= 0.3 is 0 Å². The molecule has 1 aliphatic rings. The lowest BCUT2D eigenvalue weighted by molar-refractivity contribution is 0.0711. The molecule has 1 heterocycles. The maximum atomic E-state index is 12.3. The molecule has 1 amide bonds. The molecule has 0 aliphatic heterocycles. The number of carbonyl (C=O) groups is 1. The molecule has 0 saturated heterocycles. The van der Waals surface area contributed by atoms with Crippen molar-refractivity contribution < 1.29 is 14.4 Å². The fourth-order valence-electron chi connectivity index (χ4n) is 3.33. The zero-order chi connectivity index (χ0) is 18.4. The highest BCUT2D eigenvalue weighted by molar-refractivity contribution is 5.92. The van der Waals surface area contributed by atoms with Crippen LogP contribution in [0.4, 0.5) is 0 Å². The number of nitrogens with zero attached hydrogens (tertiary/aromatic N) is 2. The highest BCUT2D eigenvalue weighted by atomic mass is 16.5. The molecule has 0 bridgehead atoms. The highest BCUT2D eigenvalue weighted by Crippen LogP contribution is 2.19. The van der Waals surface area contributed by atoms with Crippen molar-refractivity contribution in [2.75, 3.05) is 13.6 Å². The van der Waals surface area contributed by atoms with Gasteiger partial charge in [0.25, 0.3) is 5.91 Å². The van der Waals surface area contributed by atoms with Crippen molar-refractivity contribution in [1.82, 2.24) is 15.4 Å². The number of amides is 1. The van der Waals surface area contributed by atoms with Crippen LogP contribution in [0, 0.1) is 0 Å². The minimum atomic E-state index is -0.469. The molecule has 1 aromatic heterocycles. The summed E-state index contributed by atoms with van der Waals surface area (Å²) in [6, 6.07) is 11.8. The normalized spacial score (nSPS) is 20.3. The molecule has 1 fully saturated rings. The van der Waals surface area contributed by atoms with E-state index in [4.69, 9.17) is 4.52 Å². The van der Waals surface area contributed by atoms with E-state index < -0.39 is 6.10 Å². The molecular formula is C20H27N3O3. The van der Waals surface area contributed by atoms with Crippen molar-refractivity contribution in [1.29, 1.82) is 0 Å². The van der Waals surface area contributed by atoms with Crippen molar-refractivity contribution in [3.05, 3.63) is 53.4 Å². The third kappa shape index (κ3) is 5.16. The number of likely N-dealkylation sites (N-methyl/N-ethyl adjacent to an activating group) is 1. The maximum absolute atomic E-state index is 12.3. The minimum absolute atomic E-state index is 0.190. The summed E-state index contributed by atoms with van der Waals surface area (Å²) in [5.74, 6) is 0.382. The number of nitrogens with one attached hydrogen (secondary N) is 1. The first-order chi connectivity index (χ1) is 12.6. The van der Waals surface area contributed by atoms with Gasteiger partial charge in [-0.2, -0.15) is 0 Å². The zero-order valence-electron chi connectivity index (χ0n) is 15.2. The fourth-order valence-corrected chi connectivity index (χ4v) is 3.33. The predicted molar refractivity (Wildman–Crippen MR) is 98.7 cm³/mol. The van der Waals surface area contributed by atoms with E-state index in [2.05, 4.69) is 27.5 Å². The van der Waals surface area contributed by atoms with Crippen LogP contribution in [0.2, 0.25) is 0 Å². The Balaban J connectivity index is 1.48. The molecule has 3 rings (SSSR count). The highest BCUT2D eigenvalue weighted by Gasteiger charge is 2.26. The number of carbonyl (C=O) groups excluding carboxylic acids is 1. The van der Waals surface area contributed by atoms with Gasteiger partial charge in [-0.05, 0) is 31.9 Å². The summed E-state index contributed by atoms with van der Waals surface area (Å²) in [4.78, 5) is 14.4. The molecule has 26 heavy (non-hydrogen) atoms. The second kappa shape index (κ2) is 8.96. The summed E-state index contributed by atoms with van der Waals surface area (Å²) in [5, 5.41) is 16.7. The van der Waals surface area contributed by atoms with E-state index in [1.165, 1.54) is 5.56 Å². The first-order valence-electron chi connectivity index (χ1n) is 9.29. The van der Waals surface area contributed by atoms with Gasteiger partial charge in [-0.25, -0.2) is 0 Å². The van der Waals surface area contributed by atoms with Crippen LogP contribution in [0.3, 0.4) is 0 Å². The number of hydrogen-bond donors (Lipinski definition) is 2. The fraction of sp³-hybridized carbons (Fsp3) is 0.500. The van der Waals surface area contributed by atoms with E-state index in [1.54, 1.807) is 6.07 Å². The topological polar surface area (TPSA) is 78.6 Å². The van der Waals surface area contributed by atoms with Crippen LogP contribution in [0.25, 0.3) is 0 Å². The number of benzene rings is 1. The largest absolute Gasteiger partial charge is 0.391 e. The van der Waals surface area contributed by atoms with E-state index in [-0.39, 0.29) is 17.6 Å². The second-order valence-corrected chi connectivity index (χ2v) is 7.08. The molecule has 0 radical (unpaired) electrons. The lowest BCUT2D eigenvalue weighted by atomic mass is 9.92. The third-order valence-corrected chi connectivity index (χ3v) is 4.89. The van der Waals surface area contributed by atoms with Crippen LogP contribution >= 0.6 is 0 Å². The Labute approximate surface area is 154 Å². The molecule has 1 aliphatic carbocycles. The van der Waals surface area contributed by atoms with Gasteiger partial charge < -0.3 is 14.9 Å². The van der Waals surface area contributed by atoms with Crippen LogP contribution in [0.5, 0.6) is 0 Å². The van der Waals surface area contributed by atoms with Gasteiger partial charge in [0.1, 0.15) is 0 Å². The number of aliphatic hydroxyl groups excluding tert-OH is 1. The van der Waals surface area contributed by atoms with Crippen molar-refractivity contribution >= 4 is 5.91 Å². The SMILES string of the molecule is CN(CCc1ccccc1)Cc1cc(C(=O)N[C@@H]2CCCC[C@H]2O)no1. The van der Waals surface area contributed by atoms with Crippen LogP contribution in [-0.2, 0) is 13.0 Å². The van der Waals surface area contributed by atoms with Gasteiger partial charge in [0.15, 0.2) is 11.5 Å². The standard InChI is InChI=1S/C20H27N3O3/c1-23(12-11-15-7-3-2-4-8-15)14-16-13-18(22-26-16)20(25)21-17-9-5-6-10-19(17)24/h2-4,7-8,13,17,19,24H,5-6,9-12,14H2,1H3,(H,21,25)/t17-,19-/m1/s1. The molecule has 1 saturated carbocycles. The monoisotopic (exact) mass is 357 g/mol. The minimum Gasteiger partial charge on any atom is -0.391 e. The Kier molecular flexibility index (Phi) is 6.41. The molecule has 6 nitrogen and oxygen atoms in total. The molecule has 0 spiro atoms. The lowest BCUT2D eigenvalue weighted by Crippen LogP contribution is -2.45. The summed E-state index contributed by atoms with van der Waals surface area (Å²) in [6.07, 6.45) is 4.07. The third-order valence-electron chi connectivity index (χ3n) is 4.89. The smallest absolute Gasteiger partial charge is 0.273 e. The molecule has 1 aromatic carbocycles. The van der Waals surface area contributed by atoms with Crippen LogP contribution in [0.15, 0.2) is 40.9 Å². The zero-order valence-corrected chi connectivity index (χ0v) is 15.2. The van der Waals surface area contributed by atoms with Gasteiger partial charge in [0.05, 0.1) is 18.7 Å². The number of aromatic nitrogens is 1. The summed E-state index contributed by atoms with van der Waals surface area (Å²) < 4.78 is 5.31. The average molecular weight is 357 g/mol. The van der Waals surface area contributed by atoms with E-state index in [1.807, 2.05) is 25.2 Å². The summed E-state index contributed by atoms with van der Waals surface area (Å²) in [7, 11) is 2.02. The lowest BCUT2D eigenvalue weighted by Gasteiger charge is -2.27. The number of rotatable bonds is 7. The van der Waals surface area contributed by atoms with E-state index >= 15 is 0 Å². The number of hydrogen-bond acceptors (Lipinski definition) is 5.